The molecule has 0 unspecified atom stereocenters. The number of likely N-dealkylation sites (N-methyl/N-ethyl adjacent to an activating group) is 2. The van der Waals surface area contributed by atoms with Crippen molar-refractivity contribution in [1.29, 1.82) is 0 Å². The van der Waals surface area contributed by atoms with Crippen LogP contribution in [-0.4, -0.2) is 42.5 Å². The van der Waals surface area contributed by atoms with Gasteiger partial charge in [-0.05, 0) is 25.6 Å². The zero-order valence-electron chi connectivity index (χ0n) is 11.7. The lowest BCUT2D eigenvalue weighted by atomic mass is 10.3. The molecule has 1 amide bonds. The van der Waals surface area contributed by atoms with Gasteiger partial charge in [0.05, 0.1) is 17.3 Å². The number of hydrogen-bond donors (Lipinski definition) is 2. The molecule has 0 atom stereocenters. The predicted octanol–water partition coefficient (Wildman–Crippen LogP) is 1.73. The maximum absolute atomic E-state index is 11.6. The molecule has 0 radical (unpaired) electrons. The zero-order valence-corrected chi connectivity index (χ0v) is 12.4. The van der Waals surface area contributed by atoms with Crippen LogP contribution >= 0.6 is 11.6 Å². The van der Waals surface area contributed by atoms with Gasteiger partial charge in [-0.3, -0.25) is 9.69 Å². The predicted molar refractivity (Wildman–Crippen MR) is 78.4 cm³/mol. The molecule has 6 heteroatoms. The molecular formula is C13H21ClN4O. The van der Waals surface area contributed by atoms with Crippen molar-refractivity contribution < 1.29 is 4.79 Å². The first-order chi connectivity index (χ1) is 9.10. The van der Waals surface area contributed by atoms with Crippen LogP contribution in [0.1, 0.15) is 19.5 Å². The zero-order chi connectivity index (χ0) is 14.3. The average Bonchev–Trinajstić information content (AvgIpc) is 2.40. The second-order valence-electron chi connectivity index (χ2n) is 4.13. The number of amides is 1. The molecule has 0 aliphatic rings. The Morgan fingerprint density at radius 3 is 2.74 bits per heavy atom. The molecule has 2 N–H and O–H groups in total. The van der Waals surface area contributed by atoms with Gasteiger partial charge in [-0.1, -0.05) is 18.5 Å². The van der Waals surface area contributed by atoms with Gasteiger partial charge in [0.2, 0.25) is 5.91 Å². The lowest BCUT2D eigenvalue weighted by molar-refractivity contribution is -0.122. The third-order valence-electron chi connectivity index (χ3n) is 2.74. The molecule has 0 saturated heterocycles. The van der Waals surface area contributed by atoms with Crippen molar-refractivity contribution >= 4 is 23.3 Å². The van der Waals surface area contributed by atoms with Crippen molar-refractivity contribution in [2.45, 2.75) is 20.4 Å². The normalized spacial score (nSPS) is 10.6. The van der Waals surface area contributed by atoms with Gasteiger partial charge in [-0.25, -0.2) is 4.98 Å². The number of anilines is 1. The van der Waals surface area contributed by atoms with E-state index in [4.69, 9.17) is 11.6 Å². The molecule has 0 aliphatic heterocycles. The summed E-state index contributed by atoms with van der Waals surface area (Å²) in [5.41, 5.74) is 0.777. The van der Waals surface area contributed by atoms with Crippen LogP contribution in [0, 0.1) is 0 Å². The SMILES string of the molecule is CCNC(=O)CN(CC)Cc1nc(NC)ccc1Cl. The molecule has 1 rings (SSSR count). The van der Waals surface area contributed by atoms with Crippen LogP contribution in [0.25, 0.3) is 0 Å². The molecular weight excluding hydrogens is 264 g/mol. The largest absolute Gasteiger partial charge is 0.373 e. The van der Waals surface area contributed by atoms with Gasteiger partial charge < -0.3 is 10.6 Å². The first-order valence-electron chi connectivity index (χ1n) is 6.42. The average molecular weight is 285 g/mol. The monoisotopic (exact) mass is 284 g/mol. The van der Waals surface area contributed by atoms with E-state index in [-0.39, 0.29) is 5.91 Å². The minimum Gasteiger partial charge on any atom is -0.373 e. The molecule has 19 heavy (non-hydrogen) atoms. The van der Waals surface area contributed by atoms with Crippen LogP contribution < -0.4 is 10.6 Å². The smallest absolute Gasteiger partial charge is 0.234 e. The molecule has 1 heterocycles. The van der Waals surface area contributed by atoms with E-state index in [1.54, 1.807) is 0 Å². The second-order valence-corrected chi connectivity index (χ2v) is 4.54. The number of pyridine rings is 1. The molecule has 0 aromatic carbocycles. The van der Waals surface area contributed by atoms with Gasteiger partial charge in [-0.2, -0.15) is 0 Å². The highest BCUT2D eigenvalue weighted by Gasteiger charge is 2.12. The van der Waals surface area contributed by atoms with Crippen molar-refractivity contribution in [2.24, 2.45) is 0 Å². The van der Waals surface area contributed by atoms with Gasteiger partial charge in [0.15, 0.2) is 0 Å². The summed E-state index contributed by atoms with van der Waals surface area (Å²) in [4.78, 5) is 18.0. The van der Waals surface area contributed by atoms with Crippen LogP contribution in [0.2, 0.25) is 5.02 Å². The Morgan fingerprint density at radius 2 is 2.16 bits per heavy atom. The lowest BCUT2D eigenvalue weighted by Crippen LogP contribution is -2.36. The van der Waals surface area contributed by atoms with E-state index in [1.165, 1.54) is 0 Å². The van der Waals surface area contributed by atoms with Crippen molar-refractivity contribution in [3.8, 4) is 0 Å². The fourth-order valence-electron chi connectivity index (χ4n) is 1.68. The highest BCUT2D eigenvalue weighted by molar-refractivity contribution is 6.31. The maximum atomic E-state index is 11.6. The van der Waals surface area contributed by atoms with Crippen LogP contribution in [0.5, 0.6) is 0 Å². The van der Waals surface area contributed by atoms with Gasteiger partial charge in [-0.15, -0.1) is 0 Å². The minimum atomic E-state index is 0.0187. The van der Waals surface area contributed by atoms with E-state index in [0.29, 0.717) is 24.7 Å². The van der Waals surface area contributed by atoms with Crippen molar-refractivity contribution in [3.63, 3.8) is 0 Å². The quantitative estimate of drug-likeness (QED) is 0.801. The second kappa shape index (κ2) is 7.96. The van der Waals surface area contributed by atoms with Gasteiger partial charge >= 0.3 is 0 Å². The lowest BCUT2D eigenvalue weighted by Gasteiger charge is -2.20. The van der Waals surface area contributed by atoms with Crippen LogP contribution in [0.3, 0.4) is 0 Å². The summed E-state index contributed by atoms with van der Waals surface area (Å²) in [5.74, 6) is 0.790. The first kappa shape index (κ1) is 15.7. The Kier molecular flexibility index (Phi) is 6.59. The molecule has 0 saturated carbocycles. The summed E-state index contributed by atoms with van der Waals surface area (Å²) in [6, 6.07) is 3.64. The first-order valence-corrected chi connectivity index (χ1v) is 6.80. The third kappa shape index (κ3) is 5.04. The standard InChI is InChI=1S/C13H21ClN4O/c1-4-16-13(19)9-18(5-2)8-11-10(14)6-7-12(15-3)17-11/h6-7H,4-5,8-9H2,1-3H3,(H,15,17)(H,16,19). The Hall–Kier alpha value is -1.33. The molecule has 0 aliphatic carbocycles. The number of rotatable bonds is 7. The van der Waals surface area contributed by atoms with Gasteiger partial charge in [0, 0.05) is 20.1 Å². The number of hydrogen-bond acceptors (Lipinski definition) is 4. The summed E-state index contributed by atoms with van der Waals surface area (Å²) in [5, 5.41) is 6.39. The van der Waals surface area contributed by atoms with E-state index in [2.05, 4.69) is 15.6 Å². The van der Waals surface area contributed by atoms with Crippen LogP contribution in [-0.2, 0) is 11.3 Å². The molecule has 106 valence electrons. The highest BCUT2D eigenvalue weighted by Crippen LogP contribution is 2.18. The Balaban J connectivity index is 2.72. The van der Waals surface area contributed by atoms with Crippen LogP contribution in [0.4, 0.5) is 5.82 Å². The number of halogens is 1. The molecule has 1 aromatic heterocycles. The van der Waals surface area contributed by atoms with Crippen molar-refractivity contribution in [2.75, 3.05) is 32.0 Å². The summed E-state index contributed by atoms with van der Waals surface area (Å²) in [7, 11) is 1.81. The Labute approximate surface area is 119 Å². The molecule has 0 spiro atoms. The molecule has 5 nitrogen and oxygen atoms in total. The van der Waals surface area contributed by atoms with Gasteiger partial charge in [0.1, 0.15) is 5.82 Å². The Morgan fingerprint density at radius 1 is 1.42 bits per heavy atom. The topological polar surface area (TPSA) is 57.3 Å². The molecule has 1 aromatic rings. The highest BCUT2D eigenvalue weighted by atomic mass is 35.5. The number of nitrogens with zero attached hydrogens (tertiary/aromatic N) is 2. The van der Waals surface area contributed by atoms with E-state index in [1.807, 2.05) is 37.9 Å². The van der Waals surface area contributed by atoms with E-state index in [0.717, 1.165) is 18.1 Å². The summed E-state index contributed by atoms with van der Waals surface area (Å²) >= 11 is 6.13. The summed E-state index contributed by atoms with van der Waals surface area (Å²) < 4.78 is 0. The minimum absolute atomic E-state index is 0.0187. The number of nitrogens with one attached hydrogen (secondary N) is 2. The van der Waals surface area contributed by atoms with Crippen molar-refractivity contribution in [1.82, 2.24) is 15.2 Å². The number of carbonyl (C=O) groups is 1. The fourth-order valence-corrected chi connectivity index (χ4v) is 1.85. The molecule has 0 fully saturated rings. The van der Waals surface area contributed by atoms with E-state index < -0.39 is 0 Å². The summed E-state index contributed by atoms with van der Waals surface area (Å²) in [6.45, 7) is 6.23. The molecule has 0 bridgehead atoms. The van der Waals surface area contributed by atoms with Crippen molar-refractivity contribution in [3.05, 3.63) is 22.8 Å². The fraction of sp³-hybridized carbons (Fsp3) is 0.538. The summed E-state index contributed by atoms with van der Waals surface area (Å²) in [6.07, 6.45) is 0. The number of aromatic nitrogens is 1. The van der Waals surface area contributed by atoms with E-state index in [9.17, 15) is 4.79 Å². The van der Waals surface area contributed by atoms with Gasteiger partial charge in [0.25, 0.3) is 0 Å². The maximum Gasteiger partial charge on any atom is 0.234 e. The third-order valence-corrected chi connectivity index (χ3v) is 3.08. The van der Waals surface area contributed by atoms with Crippen LogP contribution in [0.15, 0.2) is 12.1 Å². The van der Waals surface area contributed by atoms with E-state index >= 15 is 0 Å². The Bertz CT molecular complexity index is 425. The number of carbonyl (C=O) groups excluding carboxylic acids is 1.